The van der Waals surface area contributed by atoms with Gasteiger partial charge >= 0.3 is 12.0 Å². The summed E-state index contributed by atoms with van der Waals surface area (Å²) in [5.41, 5.74) is 1.11. The molecule has 21 heavy (non-hydrogen) atoms. The topological polar surface area (TPSA) is 84.6 Å². The van der Waals surface area contributed by atoms with Crippen molar-refractivity contribution in [2.45, 2.75) is 26.3 Å². The summed E-state index contributed by atoms with van der Waals surface area (Å²) in [5.74, 6) is -1.04. The number of rotatable bonds is 5. The van der Waals surface area contributed by atoms with Crippen LogP contribution < -0.4 is 4.90 Å². The monoisotopic (exact) mass is 289 g/mol. The summed E-state index contributed by atoms with van der Waals surface area (Å²) in [6.07, 6.45) is 0.667. The molecule has 0 bridgehead atoms. The molecule has 1 aromatic rings. The predicted molar refractivity (Wildman–Crippen MR) is 79.1 cm³/mol. The Labute approximate surface area is 124 Å². The summed E-state index contributed by atoms with van der Waals surface area (Å²) in [6.45, 7) is 3.37. The van der Waals surface area contributed by atoms with E-state index in [1.54, 1.807) is 31.3 Å². The van der Waals surface area contributed by atoms with Crippen LogP contribution in [0.3, 0.4) is 0 Å². The lowest BCUT2D eigenvalue weighted by molar-refractivity contribution is -0.138. The smallest absolute Gasteiger partial charge is 0.324 e. The number of nitriles is 1. The van der Waals surface area contributed by atoms with Crippen LogP contribution in [0.2, 0.25) is 0 Å². The number of carboxylic acid groups (broad SMARTS) is 1. The van der Waals surface area contributed by atoms with Gasteiger partial charge in [-0.15, -0.1) is 0 Å². The Hall–Kier alpha value is -2.55. The van der Waals surface area contributed by atoms with Gasteiger partial charge < -0.3 is 10.0 Å². The second kappa shape index (κ2) is 7.29. The summed E-state index contributed by atoms with van der Waals surface area (Å²) in [4.78, 5) is 26.1. The van der Waals surface area contributed by atoms with Gasteiger partial charge in [0.25, 0.3) is 0 Å². The number of anilines is 1. The first-order valence-electron chi connectivity index (χ1n) is 6.67. The Kier molecular flexibility index (Phi) is 5.73. The molecule has 0 heterocycles. The molecule has 0 aliphatic heterocycles. The summed E-state index contributed by atoms with van der Waals surface area (Å²) < 4.78 is 0. The van der Waals surface area contributed by atoms with Crippen molar-refractivity contribution >= 4 is 17.7 Å². The Morgan fingerprint density at radius 3 is 2.33 bits per heavy atom. The van der Waals surface area contributed by atoms with Crippen molar-refractivity contribution in [3.8, 4) is 6.07 Å². The number of hydrogen-bond acceptors (Lipinski definition) is 3. The Morgan fingerprint density at radius 1 is 1.33 bits per heavy atom. The van der Waals surface area contributed by atoms with E-state index >= 15 is 0 Å². The van der Waals surface area contributed by atoms with E-state index in [1.165, 1.54) is 9.80 Å². The van der Waals surface area contributed by atoms with Gasteiger partial charge in [0.2, 0.25) is 0 Å². The molecule has 1 unspecified atom stereocenters. The molecule has 2 amide bonds. The van der Waals surface area contributed by atoms with Crippen LogP contribution in [0.4, 0.5) is 10.5 Å². The van der Waals surface area contributed by atoms with Crippen molar-refractivity contribution in [1.29, 1.82) is 5.26 Å². The first-order chi connectivity index (χ1) is 9.90. The number of carboxylic acids is 1. The third-order valence-corrected chi connectivity index (χ3v) is 3.34. The van der Waals surface area contributed by atoms with Crippen LogP contribution in [0.5, 0.6) is 0 Å². The van der Waals surface area contributed by atoms with Gasteiger partial charge in [-0.3, -0.25) is 9.69 Å². The maximum atomic E-state index is 12.5. The van der Waals surface area contributed by atoms with Crippen LogP contribution in [0.25, 0.3) is 0 Å². The first kappa shape index (κ1) is 16.5. The Bertz CT molecular complexity index is 548. The number of carbonyl (C=O) groups is 2. The van der Waals surface area contributed by atoms with Gasteiger partial charge in [-0.2, -0.15) is 5.26 Å². The number of carbonyl (C=O) groups excluding carboxylic acids is 1. The highest BCUT2D eigenvalue weighted by molar-refractivity contribution is 5.93. The molecule has 1 N–H and O–H groups in total. The fourth-order valence-corrected chi connectivity index (χ4v) is 1.84. The molecule has 0 saturated heterocycles. The first-order valence-corrected chi connectivity index (χ1v) is 6.67. The molecule has 1 rings (SSSR count). The average Bonchev–Trinajstić information content (AvgIpc) is 2.50. The van der Waals surface area contributed by atoms with E-state index in [2.05, 4.69) is 0 Å². The minimum absolute atomic E-state index is 0.172. The fraction of sp³-hybridized carbons (Fsp3) is 0.400. The molecule has 0 aromatic heterocycles. The summed E-state index contributed by atoms with van der Waals surface area (Å²) in [7, 11) is 1.58. The normalized spacial score (nSPS) is 11.3. The lowest BCUT2D eigenvalue weighted by Gasteiger charge is -2.31. The summed E-state index contributed by atoms with van der Waals surface area (Å²) >= 11 is 0. The Balaban J connectivity index is 2.95. The molecule has 112 valence electrons. The van der Waals surface area contributed by atoms with Crippen molar-refractivity contribution in [3.63, 3.8) is 0 Å². The fourth-order valence-electron chi connectivity index (χ4n) is 1.84. The minimum atomic E-state index is -1.04. The zero-order valence-corrected chi connectivity index (χ0v) is 12.4. The van der Waals surface area contributed by atoms with Gasteiger partial charge in [0.05, 0.1) is 11.6 Å². The van der Waals surface area contributed by atoms with Gasteiger partial charge in [0.1, 0.15) is 6.54 Å². The van der Waals surface area contributed by atoms with Crippen LogP contribution >= 0.6 is 0 Å². The van der Waals surface area contributed by atoms with Crippen LogP contribution in [-0.4, -0.2) is 41.6 Å². The van der Waals surface area contributed by atoms with Gasteiger partial charge in [0.15, 0.2) is 0 Å². The lowest BCUT2D eigenvalue weighted by atomic mass is 10.2. The zero-order chi connectivity index (χ0) is 16.0. The third-order valence-electron chi connectivity index (χ3n) is 3.34. The quantitative estimate of drug-likeness (QED) is 0.901. The highest BCUT2D eigenvalue weighted by Crippen LogP contribution is 2.17. The van der Waals surface area contributed by atoms with E-state index in [0.717, 1.165) is 0 Å². The van der Waals surface area contributed by atoms with E-state index in [1.807, 2.05) is 19.9 Å². The maximum absolute atomic E-state index is 12.5. The summed E-state index contributed by atoms with van der Waals surface area (Å²) in [6, 6.07) is 8.00. The molecule has 1 aromatic carbocycles. The molecule has 6 heteroatoms. The summed E-state index contributed by atoms with van der Waals surface area (Å²) in [5, 5.41) is 17.7. The van der Waals surface area contributed by atoms with Crippen molar-refractivity contribution in [1.82, 2.24) is 4.90 Å². The highest BCUT2D eigenvalue weighted by Gasteiger charge is 2.25. The second-order valence-corrected chi connectivity index (χ2v) is 4.78. The van der Waals surface area contributed by atoms with Gasteiger partial charge in [-0.1, -0.05) is 6.92 Å². The molecule has 0 aliphatic rings. The molecule has 1 atom stereocenters. The van der Waals surface area contributed by atoms with Crippen LogP contribution in [0.15, 0.2) is 24.3 Å². The number of hydrogen-bond donors (Lipinski definition) is 1. The van der Waals surface area contributed by atoms with Gasteiger partial charge in [0, 0.05) is 18.8 Å². The average molecular weight is 289 g/mol. The minimum Gasteiger partial charge on any atom is -0.480 e. The Morgan fingerprint density at radius 2 is 1.90 bits per heavy atom. The van der Waals surface area contributed by atoms with E-state index in [0.29, 0.717) is 17.7 Å². The van der Waals surface area contributed by atoms with Crippen molar-refractivity contribution in [2.24, 2.45) is 0 Å². The predicted octanol–water partition coefficient (Wildman–Crippen LogP) is 2.30. The maximum Gasteiger partial charge on any atom is 0.324 e. The van der Waals surface area contributed by atoms with Gasteiger partial charge in [-0.05, 0) is 37.6 Å². The molecular formula is C15H19N3O3. The number of amides is 2. The number of aliphatic carboxylic acids is 1. The molecule has 6 nitrogen and oxygen atoms in total. The third kappa shape index (κ3) is 4.21. The van der Waals surface area contributed by atoms with Crippen LogP contribution in [0.1, 0.15) is 25.8 Å². The van der Waals surface area contributed by atoms with Crippen LogP contribution in [0, 0.1) is 11.3 Å². The number of urea groups is 1. The zero-order valence-electron chi connectivity index (χ0n) is 12.4. The van der Waals surface area contributed by atoms with E-state index in [-0.39, 0.29) is 18.6 Å². The molecule has 0 radical (unpaired) electrons. The molecular weight excluding hydrogens is 270 g/mol. The largest absolute Gasteiger partial charge is 0.480 e. The van der Waals surface area contributed by atoms with Crippen molar-refractivity contribution < 1.29 is 14.7 Å². The molecule has 0 saturated carbocycles. The van der Waals surface area contributed by atoms with Gasteiger partial charge in [-0.25, -0.2) is 4.79 Å². The van der Waals surface area contributed by atoms with Crippen molar-refractivity contribution in [3.05, 3.63) is 29.8 Å². The van der Waals surface area contributed by atoms with Crippen LogP contribution in [-0.2, 0) is 4.79 Å². The second-order valence-electron chi connectivity index (χ2n) is 4.78. The number of nitrogens with zero attached hydrogens (tertiary/aromatic N) is 3. The van der Waals surface area contributed by atoms with E-state index < -0.39 is 5.97 Å². The van der Waals surface area contributed by atoms with E-state index in [4.69, 9.17) is 10.4 Å². The lowest BCUT2D eigenvalue weighted by Crippen LogP contribution is -2.48. The standard InChI is InChI=1S/C15H19N3O3/c1-4-11(2)18(10-14(19)20)15(21)17(3)13-7-5-12(9-16)6-8-13/h5-8,11H,4,10H2,1-3H3,(H,19,20). The SMILES string of the molecule is CCC(C)N(CC(=O)O)C(=O)N(C)c1ccc(C#N)cc1. The molecule has 0 spiro atoms. The molecule has 0 fully saturated rings. The highest BCUT2D eigenvalue weighted by atomic mass is 16.4. The molecule has 0 aliphatic carbocycles. The van der Waals surface area contributed by atoms with E-state index in [9.17, 15) is 9.59 Å². The number of benzene rings is 1. The van der Waals surface area contributed by atoms with Crippen molar-refractivity contribution in [2.75, 3.05) is 18.5 Å².